The number of rotatable bonds is 17. The first-order valence-electron chi connectivity index (χ1n) is 9.97. The lowest BCUT2D eigenvalue weighted by atomic mass is 9.99. The maximum atomic E-state index is 11.0. The molecule has 0 bridgehead atoms. The van der Waals surface area contributed by atoms with Crippen LogP contribution in [0.4, 0.5) is 0 Å². The Morgan fingerprint density at radius 1 is 0.917 bits per heavy atom. The minimum Gasteiger partial charge on any atom is -0.469 e. The van der Waals surface area contributed by atoms with Gasteiger partial charge in [0.2, 0.25) is 0 Å². The second-order valence-electron chi connectivity index (χ2n) is 6.73. The smallest absolute Gasteiger partial charge is 0.305 e. The number of hydrogen-bond donors (Lipinski definition) is 0. The lowest BCUT2D eigenvalue weighted by Crippen LogP contribution is -2.05. The third kappa shape index (κ3) is 16.0. The van der Waals surface area contributed by atoms with Gasteiger partial charge in [0.05, 0.1) is 13.7 Å². The number of carbonyl (C=O) groups excluding carboxylic acids is 1. The highest BCUT2D eigenvalue weighted by molar-refractivity contribution is 5.68. The van der Waals surface area contributed by atoms with Crippen LogP contribution in [0, 0.1) is 5.92 Å². The molecule has 0 spiro atoms. The molecule has 0 rings (SSSR count). The minimum absolute atomic E-state index is 0.119. The number of allylic oxidation sites excluding steroid dienone is 1. The molecule has 0 aromatic heterocycles. The summed E-state index contributed by atoms with van der Waals surface area (Å²) in [6.07, 6.45) is 20.3. The van der Waals surface area contributed by atoms with E-state index in [9.17, 15) is 4.79 Å². The lowest BCUT2D eigenvalue weighted by Gasteiger charge is -2.11. The molecular weight excluding hydrogens is 300 g/mol. The van der Waals surface area contributed by atoms with Crippen LogP contribution in [0.3, 0.4) is 0 Å². The molecule has 3 nitrogen and oxygen atoms in total. The first-order valence-corrected chi connectivity index (χ1v) is 9.97. The Morgan fingerprint density at radius 3 is 2.12 bits per heavy atom. The van der Waals surface area contributed by atoms with E-state index in [1.165, 1.54) is 71.3 Å². The fourth-order valence-corrected chi connectivity index (χ4v) is 2.92. The van der Waals surface area contributed by atoms with Crippen molar-refractivity contribution < 1.29 is 14.3 Å². The van der Waals surface area contributed by atoms with Gasteiger partial charge in [-0.1, -0.05) is 76.9 Å². The van der Waals surface area contributed by atoms with E-state index in [1.807, 2.05) is 0 Å². The Balaban J connectivity index is 3.63. The minimum atomic E-state index is -0.119. The average molecular weight is 341 g/mol. The van der Waals surface area contributed by atoms with E-state index in [0.717, 1.165) is 19.4 Å². The Hall–Kier alpha value is -0.830. The molecule has 0 saturated heterocycles. The van der Waals surface area contributed by atoms with E-state index in [1.54, 1.807) is 7.11 Å². The van der Waals surface area contributed by atoms with Crippen LogP contribution in [0.25, 0.3) is 0 Å². The van der Waals surface area contributed by atoms with Gasteiger partial charge in [-0.15, -0.1) is 0 Å². The molecule has 0 amide bonds. The van der Waals surface area contributed by atoms with Gasteiger partial charge < -0.3 is 9.47 Å². The Bertz CT molecular complexity index is 299. The van der Waals surface area contributed by atoms with Crippen LogP contribution in [0.15, 0.2) is 12.2 Å². The number of methoxy groups -OCH3 is 2. The molecule has 0 N–H and O–H groups in total. The van der Waals surface area contributed by atoms with Gasteiger partial charge in [0.1, 0.15) is 0 Å². The van der Waals surface area contributed by atoms with Gasteiger partial charge in [-0.2, -0.15) is 0 Å². The highest BCUT2D eigenvalue weighted by Crippen LogP contribution is 2.15. The molecule has 142 valence electrons. The zero-order valence-electron chi connectivity index (χ0n) is 16.4. The van der Waals surface area contributed by atoms with Crippen molar-refractivity contribution in [2.45, 2.75) is 90.4 Å². The average Bonchev–Trinajstić information content (AvgIpc) is 2.59. The van der Waals surface area contributed by atoms with E-state index >= 15 is 0 Å². The topological polar surface area (TPSA) is 35.5 Å². The molecule has 0 aromatic rings. The Kier molecular flexibility index (Phi) is 17.9. The molecular formula is C21H40O3. The predicted molar refractivity (Wildman–Crippen MR) is 102 cm³/mol. The highest BCUT2D eigenvalue weighted by atomic mass is 16.5. The van der Waals surface area contributed by atoms with E-state index in [2.05, 4.69) is 23.8 Å². The number of unbranched alkanes of at least 4 members (excludes halogenated alkanes) is 9. The number of hydrogen-bond acceptors (Lipinski definition) is 3. The van der Waals surface area contributed by atoms with Crippen LogP contribution in [0.2, 0.25) is 0 Å². The summed E-state index contributed by atoms with van der Waals surface area (Å²) in [7, 11) is 3.21. The zero-order chi connectivity index (χ0) is 17.9. The van der Waals surface area contributed by atoms with Crippen molar-refractivity contribution in [3.63, 3.8) is 0 Å². The van der Waals surface area contributed by atoms with Crippen LogP contribution in [0.5, 0.6) is 0 Å². The molecule has 0 heterocycles. The molecule has 0 fully saturated rings. The third-order valence-corrected chi connectivity index (χ3v) is 4.45. The maximum Gasteiger partial charge on any atom is 0.305 e. The van der Waals surface area contributed by atoms with Crippen molar-refractivity contribution in [3.05, 3.63) is 12.2 Å². The summed E-state index contributed by atoms with van der Waals surface area (Å²) < 4.78 is 9.97. The summed E-state index contributed by atoms with van der Waals surface area (Å²) in [6, 6.07) is 0. The van der Waals surface area contributed by atoms with Crippen LogP contribution >= 0.6 is 0 Å². The summed E-state index contributed by atoms with van der Waals surface area (Å²) >= 11 is 0. The molecule has 0 saturated carbocycles. The quantitative estimate of drug-likeness (QED) is 0.183. The van der Waals surface area contributed by atoms with E-state index in [0.29, 0.717) is 12.3 Å². The van der Waals surface area contributed by atoms with Gasteiger partial charge in [0.15, 0.2) is 0 Å². The molecule has 0 aromatic carbocycles. The van der Waals surface area contributed by atoms with Crippen molar-refractivity contribution in [3.8, 4) is 0 Å². The second kappa shape index (κ2) is 18.5. The molecule has 1 atom stereocenters. The first kappa shape index (κ1) is 23.2. The van der Waals surface area contributed by atoms with Crippen LogP contribution in [0.1, 0.15) is 90.4 Å². The summed E-state index contributed by atoms with van der Waals surface area (Å²) in [5, 5.41) is 0. The highest BCUT2D eigenvalue weighted by Gasteiger charge is 2.04. The zero-order valence-corrected chi connectivity index (χ0v) is 16.4. The number of carbonyl (C=O) groups is 1. The van der Waals surface area contributed by atoms with Gasteiger partial charge in [-0.25, -0.2) is 0 Å². The second-order valence-corrected chi connectivity index (χ2v) is 6.73. The summed E-state index contributed by atoms with van der Waals surface area (Å²) in [4.78, 5) is 11.0. The van der Waals surface area contributed by atoms with Crippen molar-refractivity contribution >= 4 is 5.97 Å². The maximum absolute atomic E-state index is 11.0. The molecule has 0 aliphatic rings. The Morgan fingerprint density at radius 2 is 1.54 bits per heavy atom. The molecule has 0 aliphatic heterocycles. The van der Waals surface area contributed by atoms with Gasteiger partial charge >= 0.3 is 5.97 Å². The molecule has 1 unspecified atom stereocenters. The van der Waals surface area contributed by atoms with Gasteiger partial charge in [0.25, 0.3) is 0 Å². The van der Waals surface area contributed by atoms with Crippen molar-refractivity contribution in [1.82, 2.24) is 0 Å². The largest absolute Gasteiger partial charge is 0.469 e. The van der Waals surface area contributed by atoms with Crippen LogP contribution < -0.4 is 0 Å². The van der Waals surface area contributed by atoms with Crippen molar-refractivity contribution in [1.29, 1.82) is 0 Å². The Labute approximate surface area is 150 Å². The lowest BCUT2D eigenvalue weighted by molar-refractivity contribution is -0.140. The fraction of sp³-hybridized carbons (Fsp3) is 0.857. The van der Waals surface area contributed by atoms with Crippen molar-refractivity contribution in [2.24, 2.45) is 5.92 Å². The number of esters is 1. The standard InChI is InChI=1S/C21H40O3/c1-4-5-6-7-8-9-10-11-13-16-20(19-23-2)17-14-12-15-18-21(22)24-3/h14,17,20H,4-13,15-16,18-19H2,1-3H3/b17-14+. The number of ether oxygens (including phenoxy) is 2. The normalized spacial score (nSPS) is 12.6. The summed E-state index contributed by atoms with van der Waals surface area (Å²) in [5.41, 5.74) is 0. The first-order chi connectivity index (χ1) is 11.7. The predicted octanol–water partition coefficient (Wildman–Crippen LogP) is 6.07. The van der Waals surface area contributed by atoms with Gasteiger partial charge in [-0.3, -0.25) is 4.79 Å². The monoisotopic (exact) mass is 340 g/mol. The molecule has 24 heavy (non-hydrogen) atoms. The van der Waals surface area contributed by atoms with Gasteiger partial charge in [0, 0.05) is 19.4 Å². The molecule has 3 heteroatoms. The molecule has 0 aliphatic carbocycles. The molecule has 0 radical (unpaired) electrons. The fourth-order valence-electron chi connectivity index (χ4n) is 2.92. The van der Waals surface area contributed by atoms with Crippen LogP contribution in [-0.4, -0.2) is 26.8 Å². The van der Waals surface area contributed by atoms with E-state index in [-0.39, 0.29) is 5.97 Å². The van der Waals surface area contributed by atoms with Crippen LogP contribution in [-0.2, 0) is 14.3 Å². The van der Waals surface area contributed by atoms with E-state index in [4.69, 9.17) is 4.74 Å². The SMILES string of the molecule is CCCCCCCCCCCC(/C=C/CCCC(=O)OC)COC. The van der Waals surface area contributed by atoms with Crippen molar-refractivity contribution in [2.75, 3.05) is 20.8 Å². The third-order valence-electron chi connectivity index (χ3n) is 4.45. The summed E-state index contributed by atoms with van der Waals surface area (Å²) in [5.74, 6) is 0.393. The van der Waals surface area contributed by atoms with Gasteiger partial charge in [-0.05, 0) is 19.3 Å². The van der Waals surface area contributed by atoms with E-state index < -0.39 is 0 Å². The summed E-state index contributed by atoms with van der Waals surface area (Å²) in [6.45, 7) is 3.06.